The third-order valence-corrected chi connectivity index (χ3v) is 3.35. The molecule has 0 fully saturated rings. The van der Waals surface area contributed by atoms with E-state index in [-0.39, 0.29) is 0 Å². The maximum atomic E-state index is 4.20. The Hall–Kier alpha value is -0.860. The number of thiol groups is 1. The fraction of sp³-hybridized carbons (Fsp3) is 0.0769. The van der Waals surface area contributed by atoms with Crippen LogP contribution in [0.15, 0.2) is 59.5 Å². The molecule has 0 radical (unpaired) electrons. The van der Waals surface area contributed by atoms with Crippen LogP contribution in [0, 0.1) is 0 Å². The molecule has 0 aliphatic carbocycles. The average molecular weight is 232 g/mol. The lowest BCUT2D eigenvalue weighted by Gasteiger charge is -2.03. The summed E-state index contributed by atoms with van der Waals surface area (Å²) in [7, 11) is 1.49. The molecule has 76 valence electrons. The van der Waals surface area contributed by atoms with Gasteiger partial charge in [-0.3, -0.25) is 0 Å². The van der Waals surface area contributed by atoms with Crippen LogP contribution in [0.5, 0.6) is 0 Å². The van der Waals surface area contributed by atoms with Crippen LogP contribution in [-0.2, 0) is 6.42 Å². The molecule has 0 heterocycles. The number of rotatable bonds is 3. The normalized spacial score (nSPS) is 10.2. The van der Waals surface area contributed by atoms with E-state index in [0.717, 1.165) is 6.42 Å². The zero-order valence-electron chi connectivity index (χ0n) is 8.26. The first-order valence-electron chi connectivity index (χ1n) is 4.83. The SMILES string of the molecule is SSc1cccc(Cc2ccccc2)c1. The summed E-state index contributed by atoms with van der Waals surface area (Å²) < 4.78 is 0. The van der Waals surface area contributed by atoms with Gasteiger partial charge in [0.25, 0.3) is 0 Å². The summed E-state index contributed by atoms with van der Waals surface area (Å²) in [5, 5.41) is 0. The molecule has 0 saturated carbocycles. The van der Waals surface area contributed by atoms with Gasteiger partial charge in [-0.15, -0.1) is 11.7 Å². The molecule has 0 bridgehead atoms. The van der Waals surface area contributed by atoms with Crippen molar-refractivity contribution >= 4 is 22.5 Å². The van der Waals surface area contributed by atoms with Crippen LogP contribution in [0.1, 0.15) is 11.1 Å². The minimum Gasteiger partial charge on any atom is -0.106 e. The second-order valence-electron chi connectivity index (χ2n) is 3.40. The summed E-state index contributed by atoms with van der Waals surface area (Å²) in [6, 6.07) is 19.0. The Kier molecular flexibility index (Phi) is 3.75. The van der Waals surface area contributed by atoms with Crippen molar-refractivity contribution in [2.45, 2.75) is 11.3 Å². The van der Waals surface area contributed by atoms with Crippen molar-refractivity contribution in [1.82, 2.24) is 0 Å². The number of hydrogen-bond donors (Lipinski definition) is 1. The molecule has 0 unspecified atom stereocenters. The van der Waals surface area contributed by atoms with Crippen LogP contribution in [0.2, 0.25) is 0 Å². The largest absolute Gasteiger partial charge is 0.106 e. The predicted octanol–water partition coefficient (Wildman–Crippen LogP) is 4.21. The maximum absolute atomic E-state index is 4.20. The summed E-state index contributed by atoms with van der Waals surface area (Å²) in [5.74, 6) is 0. The van der Waals surface area contributed by atoms with Crippen LogP contribution in [0.25, 0.3) is 0 Å². The minimum absolute atomic E-state index is 0.989. The van der Waals surface area contributed by atoms with Gasteiger partial charge in [0.05, 0.1) is 0 Å². The molecule has 2 heteroatoms. The second-order valence-corrected chi connectivity index (χ2v) is 4.60. The average Bonchev–Trinajstić information content (AvgIpc) is 2.31. The fourth-order valence-electron chi connectivity index (χ4n) is 1.54. The lowest BCUT2D eigenvalue weighted by atomic mass is 10.1. The molecule has 0 saturated heterocycles. The smallest absolute Gasteiger partial charge is 0.0183 e. The van der Waals surface area contributed by atoms with Crippen molar-refractivity contribution in [3.8, 4) is 0 Å². The Morgan fingerprint density at radius 2 is 1.60 bits per heavy atom. The minimum atomic E-state index is 0.989. The van der Waals surface area contributed by atoms with Gasteiger partial charge in [0.2, 0.25) is 0 Å². The second kappa shape index (κ2) is 5.29. The van der Waals surface area contributed by atoms with Crippen molar-refractivity contribution in [2.75, 3.05) is 0 Å². The third kappa shape index (κ3) is 3.05. The Morgan fingerprint density at radius 1 is 0.867 bits per heavy atom. The summed E-state index contributed by atoms with van der Waals surface area (Å²) in [5.41, 5.74) is 2.68. The molecule has 0 spiro atoms. The number of hydrogen-bond acceptors (Lipinski definition) is 2. The monoisotopic (exact) mass is 232 g/mol. The highest BCUT2D eigenvalue weighted by Crippen LogP contribution is 2.22. The Bertz CT molecular complexity index is 424. The summed E-state index contributed by atoms with van der Waals surface area (Å²) in [6.45, 7) is 0. The van der Waals surface area contributed by atoms with E-state index in [1.54, 1.807) is 0 Å². The van der Waals surface area contributed by atoms with Crippen LogP contribution >= 0.6 is 22.5 Å². The van der Waals surface area contributed by atoms with Gasteiger partial charge in [-0.25, -0.2) is 0 Å². The zero-order valence-corrected chi connectivity index (χ0v) is 9.97. The van der Waals surface area contributed by atoms with Crippen molar-refractivity contribution in [3.63, 3.8) is 0 Å². The molecule has 0 N–H and O–H groups in total. The molecule has 0 aliphatic heterocycles. The highest BCUT2D eigenvalue weighted by atomic mass is 33.1. The summed E-state index contributed by atoms with van der Waals surface area (Å²) >= 11 is 4.20. The fourth-order valence-corrected chi connectivity index (χ4v) is 2.23. The van der Waals surface area contributed by atoms with Gasteiger partial charge in [0, 0.05) is 4.90 Å². The molecule has 0 amide bonds. The van der Waals surface area contributed by atoms with Crippen molar-refractivity contribution in [3.05, 3.63) is 65.7 Å². The van der Waals surface area contributed by atoms with Crippen LogP contribution in [-0.4, -0.2) is 0 Å². The first-order chi connectivity index (χ1) is 7.38. The van der Waals surface area contributed by atoms with E-state index in [4.69, 9.17) is 0 Å². The lowest BCUT2D eigenvalue weighted by Crippen LogP contribution is -1.87. The van der Waals surface area contributed by atoms with Gasteiger partial charge in [-0.05, 0) is 29.7 Å². The summed E-state index contributed by atoms with van der Waals surface area (Å²) in [4.78, 5) is 1.20. The number of benzene rings is 2. The third-order valence-electron chi connectivity index (χ3n) is 2.25. The van der Waals surface area contributed by atoms with Gasteiger partial charge in [0.15, 0.2) is 0 Å². The van der Waals surface area contributed by atoms with E-state index in [2.05, 4.69) is 60.2 Å². The van der Waals surface area contributed by atoms with Gasteiger partial charge in [0.1, 0.15) is 0 Å². The van der Waals surface area contributed by atoms with Gasteiger partial charge in [-0.1, -0.05) is 53.3 Å². The van der Waals surface area contributed by atoms with Gasteiger partial charge < -0.3 is 0 Å². The molecule has 0 nitrogen and oxygen atoms in total. The van der Waals surface area contributed by atoms with Gasteiger partial charge >= 0.3 is 0 Å². The Morgan fingerprint density at radius 3 is 2.33 bits per heavy atom. The van der Waals surface area contributed by atoms with Crippen molar-refractivity contribution in [1.29, 1.82) is 0 Å². The maximum Gasteiger partial charge on any atom is 0.0183 e. The van der Waals surface area contributed by atoms with Crippen LogP contribution < -0.4 is 0 Å². The molecule has 2 aromatic carbocycles. The molecule has 0 atom stereocenters. The van der Waals surface area contributed by atoms with E-state index in [9.17, 15) is 0 Å². The highest BCUT2D eigenvalue weighted by Gasteiger charge is 1.97. The highest BCUT2D eigenvalue weighted by molar-refractivity contribution is 8.68. The molecule has 0 aromatic heterocycles. The quantitative estimate of drug-likeness (QED) is 0.611. The van der Waals surface area contributed by atoms with Crippen molar-refractivity contribution < 1.29 is 0 Å². The van der Waals surface area contributed by atoms with E-state index >= 15 is 0 Å². The molecular formula is C13H12S2. The standard InChI is InChI=1S/C13H12S2/c14-15-13-8-4-7-12(10-13)9-11-5-2-1-3-6-11/h1-8,10,14H,9H2. The Balaban J connectivity index is 2.17. The van der Waals surface area contributed by atoms with E-state index < -0.39 is 0 Å². The van der Waals surface area contributed by atoms with Crippen LogP contribution in [0.3, 0.4) is 0 Å². The molecule has 0 aliphatic rings. The van der Waals surface area contributed by atoms with E-state index in [1.165, 1.54) is 26.8 Å². The topological polar surface area (TPSA) is 0 Å². The molecule has 2 aromatic rings. The zero-order chi connectivity index (χ0) is 10.5. The van der Waals surface area contributed by atoms with E-state index in [0.29, 0.717) is 0 Å². The summed E-state index contributed by atoms with van der Waals surface area (Å²) in [6.07, 6.45) is 0.989. The molecule has 2 rings (SSSR count). The van der Waals surface area contributed by atoms with Gasteiger partial charge in [-0.2, -0.15) is 0 Å². The Labute approximate surface area is 99.5 Å². The lowest BCUT2D eigenvalue weighted by molar-refractivity contribution is 1.17. The van der Waals surface area contributed by atoms with E-state index in [1.807, 2.05) is 6.07 Å². The predicted molar refractivity (Wildman–Crippen MR) is 70.5 cm³/mol. The first kappa shape index (κ1) is 10.7. The molecule has 15 heavy (non-hydrogen) atoms. The molecular weight excluding hydrogens is 220 g/mol. The van der Waals surface area contributed by atoms with Crippen LogP contribution in [0.4, 0.5) is 0 Å². The van der Waals surface area contributed by atoms with Crippen molar-refractivity contribution in [2.24, 2.45) is 0 Å². The first-order valence-corrected chi connectivity index (χ1v) is 6.69.